The lowest BCUT2D eigenvalue weighted by atomic mass is 10.2. The highest BCUT2D eigenvalue weighted by atomic mass is 32.1. The molecule has 0 unspecified atom stereocenters. The molecule has 0 atom stereocenters. The van der Waals surface area contributed by atoms with E-state index in [-0.39, 0.29) is 5.91 Å². The van der Waals surface area contributed by atoms with Crippen LogP contribution in [0, 0.1) is 20.8 Å². The van der Waals surface area contributed by atoms with E-state index < -0.39 is 0 Å². The number of aryl methyl sites for hydroxylation is 2. The molecule has 0 aliphatic rings. The first kappa shape index (κ1) is 16.5. The molecule has 1 amide bonds. The Kier molecular flexibility index (Phi) is 4.53. The second-order valence-electron chi connectivity index (χ2n) is 6.06. The Labute approximate surface area is 146 Å². The summed E-state index contributed by atoms with van der Waals surface area (Å²) in [6, 6.07) is 9.93. The average Bonchev–Trinajstić information content (AvgIpc) is 3.10. The Morgan fingerprint density at radius 1 is 1.21 bits per heavy atom. The van der Waals surface area contributed by atoms with E-state index in [0.29, 0.717) is 6.42 Å². The molecule has 24 heavy (non-hydrogen) atoms. The van der Waals surface area contributed by atoms with Crippen molar-refractivity contribution in [3.63, 3.8) is 0 Å². The predicted molar refractivity (Wildman–Crippen MR) is 99.5 cm³/mol. The van der Waals surface area contributed by atoms with Gasteiger partial charge in [0.2, 0.25) is 5.91 Å². The van der Waals surface area contributed by atoms with Gasteiger partial charge in [0.15, 0.2) is 0 Å². The molecular formula is C19H21N3OS. The van der Waals surface area contributed by atoms with Gasteiger partial charge in [-0.25, -0.2) is 4.98 Å². The molecule has 0 saturated carbocycles. The molecule has 3 aromatic rings. The second-order valence-corrected chi connectivity index (χ2v) is 7.00. The van der Waals surface area contributed by atoms with Crippen LogP contribution in [0.4, 0.5) is 5.69 Å². The van der Waals surface area contributed by atoms with Gasteiger partial charge in [-0.2, -0.15) is 0 Å². The predicted octanol–water partition coefficient (Wildman–Crippen LogP) is 4.26. The number of hydrogen-bond acceptors (Lipinski definition) is 3. The molecule has 0 saturated heterocycles. The number of carbonyl (C=O) groups excluding carboxylic acids is 1. The maximum absolute atomic E-state index is 12.2. The SMILES string of the molecule is Cc1ccc(NC(=O)Cc2nc(-c3cc(C)n(C)c3C)cs2)cc1. The monoisotopic (exact) mass is 339 g/mol. The van der Waals surface area contributed by atoms with Gasteiger partial charge in [-0.05, 0) is 39.0 Å². The van der Waals surface area contributed by atoms with Crippen LogP contribution in [0.5, 0.6) is 0 Å². The number of aromatic nitrogens is 2. The minimum absolute atomic E-state index is 0.0410. The van der Waals surface area contributed by atoms with E-state index in [1.54, 1.807) is 0 Å². The van der Waals surface area contributed by atoms with E-state index in [2.05, 4.69) is 41.8 Å². The molecule has 1 N–H and O–H groups in total. The largest absolute Gasteiger partial charge is 0.351 e. The van der Waals surface area contributed by atoms with Crippen molar-refractivity contribution in [1.29, 1.82) is 0 Å². The van der Waals surface area contributed by atoms with E-state index in [9.17, 15) is 4.79 Å². The number of thiazole rings is 1. The molecule has 3 rings (SSSR count). The number of nitrogens with zero attached hydrogens (tertiary/aromatic N) is 2. The Balaban J connectivity index is 1.70. The first-order chi connectivity index (χ1) is 11.4. The van der Waals surface area contributed by atoms with E-state index >= 15 is 0 Å². The summed E-state index contributed by atoms with van der Waals surface area (Å²) >= 11 is 1.53. The molecule has 0 aliphatic carbocycles. The highest BCUT2D eigenvalue weighted by molar-refractivity contribution is 7.10. The molecule has 0 aliphatic heterocycles. The summed E-state index contributed by atoms with van der Waals surface area (Å²) in [7, 11) is 2.05. The van der Waals surface area contributed by atoms with Crippen LogP contribution >= 0.6 is 11.3 Å². The fraction of sp³-hybridized carbons (Fsp3) is 0.263. The molecule has 0 spiro atoms. The van der Waals surface area contributed by atoms with Crippen LogP contribution in [-0.4, -0.2) is 15.5 Å². The van der Waals surface area contributed by atoms with E-state index in [1.165, 1.54) is 28.3 Å². The van der Waals surface area contributed by atoms with Gasteiger partial charge in [0.05, 0.1) is 12.1 Å². The number of amides is 1. The first-order valence-corrected chi connectivity index (χ1v) is 8.76. The molecule has 0 bridgehead atoms. The molecule has 0 fully saturated rings. The third kappa shape index (κ3) is 3.41. The summed E-state index contributed by atoms with van der Waals surface area (Å²) in [5.74, 6) is -0.0410. The molecule has 124 valence electrons. The number of benzene rings is 1. The van der Waals surface area contributed by atoms with Gasteiger partial charge < -0.3 is 9.88 Å². The Bertz CT molecular complexity index is 875. The van der Waals surface area contributed by atoms with Gasteiger partial charge in [-0.1, -0.05) is 17.7 Å². The first-order valence-electron chi connectivity index (χ1n) is 7.88. The molecule has 4 nitrogen and oxygen atoms in total. The summed E-state index contributed by atoms with van der Waals surface area (Å²) in [6.45, 7) is 6.19. The van der Waals surface area contributed by atoms with Gasteiger partial charge in [-0.15, -0.1) is 11.3 Å². The maximum atomic E-state index is 12.2. The van der Waals surface area contributed by atoms with Crippen molar-refractivity contribution in [2.45, 2.75) is 27.2 Å². The lowest BCUT2D eigenvalue weighted by Crippen LogP contribution is -2.14. The third-order valence-electron chi connectivity index (χ3n) is 4.25. The Morgan fingerprint density at radius 2 is 1.92 bits per heavy atom. The molecule has 2 heterocycles. The Hall–Kier alpha value is -2.40. The Morgan fingerprint density at radius 3 is 2.54 bits per heavy atom. The van der Waals surface area contributed by atoms with Gasteiger partial charge in [0.25, 0.3) is 0 Å². The van der Waals surface area contributed by atoms with Crippen LogP contribution in [-0.2, 0) is 18.3 Å². The van der Waals surface area contributed by atoms with Crippen molar-refractivity contribution in [2.75, 3.05) is 5.32 Å². The lowest BCUT2D eigenvalue weighted by molar-refractivity contribution is -0.115. The van der Waals surface area contributed by atoms with Crippen molar-refractivity contribution < 1.29 is 4.79 Å². The van der Waals surface area contributed by atoms with Crippen LogP contribution in [0.1, 0.15) is 22.0 Å². The van der Waals surface area contributed by atoms with Crippen LogP contribution in [0.3, 0.4) is 0 Å². The van der Waals surface area contributed by atoms with E-state index in [1.807, 2.05) is 36.6 Å². The van der Waals surface area contributed by atoms with Crippen molar-refractivity contribution in [2.24, 2.45) is 7.05 Å². The van der Waals surface area contributed by atoms with Gasteiger partial charge >= 0.3 is 0 Å². The molecule has 2 aromatic heterocycles. The van der Waals surface area contributed by atoms with E-state index in [4.69, 9.17) is 0 Å². The van der Waals surface area contributed by atoms with Crippen LogP contribution in [0.15, 0.2) is 35.7 Å². The highest BCUT2D eigenvalue weighted by Gasteiger charge is 2.13. The molecular weight excluding hydrogens is 318 g/mol. The normalized spacial score (nSPS) is 10.8. The fourth-order valence-electron chi connectivity index (χ4n) is 2.61. The molecule has 1 aromatic carbocycles. The third-order valence-corrected chi connectivity index (χ3v) is 5.10. The number of anilines is 1. The van der Waals surface area contributed by atoms with Crippen LogP contribution in [0.25, 0.3) is 11.3 Å². The lowest BCUT2D eigenvalue weighted by Gasteiger charge is -2.04. The standard InChI is InChI=1S/C19H21N3OS/c1-12-5-7-15(8-6-12)20-18(23)10-19-21-17(11-24-19)16-9-13(2)22(4)14(16)3/h5-9,11H,10H2,1-4H3,(H,20,23). The summed E-state index contributed by atoms with van der Waals surface area (Å²) in [4.78, 5) is 16.8. The highest BCUT2D eigenvalue weighted by Crippen LogP contribution is 2.27. The van der Waals surface area contributed by atoms with Crippen LogP contribution < -0.4 is 5.32 Å². The van der Waals surface area contributed by atoms with Gasteiger partial charge in [0.1, 0.15) is 5.01 Å². The topological polar surface area (TPSA) is 46.9 Å². The van der Waals surface area contributed by atoms with Gasteiger partial charge in [0, 0.05) is 35.1 Å². The molecule has 5 heteroatoms. The summed E-state index contributed by atoms with van der Waals surface area (Å²) in [5, 5.41) is 5.77. The molecule has 0 radical (unpaired) electrons. The number of hydrogen-bond donors (Lipinski definition) is 1. The van der Waals surface area contributed by atoms with Gasteiger partial charge in [-0.3, -0.25) is 4.79 Å². The summed E-state index contributed by atoms with van der Waals surface area (Å²) < 4.78 is 2.15. The fourth-order valence-corrected chi connectivity index (χ4v) is 3.40. The van der Waals surface area contributed by atoms with Crippen molar-refractivity contribution >= 4 is 22.9 Å². The van der Waals surface area contributed by atoms with Crippen LogP contribution in [0.2, 0.25) is 0 Å². The summed E-state index contributed by atoms with van der Waals surface area (Å²) in [6.07, 6.45) is 0.295. The number of carbonyl (C=O) groups is 1. The van der Waals surface area contributed by atoms with Crippen molar-refractivity contribution in [3.05, 3.63) is 57.7 Å². The number of nitrogens with one attached hydrogen (secondary N) is 1. The van der Waals surface area contributed by atoms with Crippen molar-refractivity contribution in [1.82, 2.24) is 9.55 Å². The van der Waals surface area contributed by atoms with Crippen molar-refractivity contribution in [3.8, 4) is 11.3 Å². The smallest absolute Gasteiger partial charge is 0.231 e. The van der Waals surface area contributed by atoms with E-state index in [0.717, 1.165) is 22.0 Å². The number of rotatable bonds is 4. The minimum atomic E-state index is -0.0410. The second kappa shape index (κ2) is 6.61. The average molecular weight is 339 g/mol. The maximum Gasteiger partial charge on any atom is 0.231 e. The quantitative estimate of drug-likeness (QED) is 0.772. The minimum Gasteiger partial charge on any atom is -0.351 e. The zero-order chi connectivity index (χ0) is 17.3. The zero-order valence-electron chi connectivity index (χ0n) is 14.4. The summed E-state index contributed by atoms with van der Waals surface area (Å²) in [5.41, 5.74) is 6.46. The zero-order valence-corrected chi connectivity index (χ0v) is 15.2.